The molecule has 0 saturated carbocycles. The molecule has 1 aromatic heterocycles. The number of anilines is 1. The van der Waals surface area contributed by atoms with Gasteiger partial charge in [0.05, 0.1) is 11.3 Å². The lowest BCUT2D eigenvalue weighted by molar-refractivity contribution is -0.159. The molecule has 3 N–H and O–H groups in total. The molecule has 4 rings (SSSR count). The maximum atomic E-state index is 12.7. The van der Waals surface area contributed by atoms with E-state index < -0.39 is 42.1 Å². The number of halogens is 1. The summed E-state index contributed by atoms with van der Waals surface area (Å²) in [6.07, 6.45) is -1.62. The summed E-state index contributed by atoms with van der Waals surface area (Å²) in [5, 5.41) is 12.7. The Balaban J connectivity index is 1.52. The molecule has 3 atom stereocenters. The number of thioether (sulfide) groups is 1. The van der Waals surface area contributed by atoms with Gasteiger partial charge in [0.15, 0.2) is 16.6 Å². The Kier molecular flexibility index (Phi) is 4.76. The molecule has 0 radical (unpaired) electrons. The number of ether oxygens (including phenoxy) is 1. The zero-order chi connectivity index (χ0) is 20.0. The summed E-state index contributed by atoms with van der Waals surface area (Å²) in [5.74, 6) is -2.42. The van der Waals surface area contributed by atoms with Gasteiger partial charge < -0.3 is 20.4 Å². The highest BCUT2D eigenvalue weighted by molar-refractivity contribution is 8.00. The number of hydrogen-bond donors (Lipinski definition) is 2. The van der Waals surface area contributed by atoms with Crippen molar-refractivity contribution in [2.45, 2.75) is 18.1 Å². The highest BCUT2D eigenvalue weighted by Gasteiger charge is 2.57. The first kappa shape index (κ1) is 18.8. The number of aromatic nitrogens is 2. The molecule has 0 bridgehead atoms. The van der Waals surface area contributed by atoms with Crippen molar-refractivity contribution in [1.82, 2.24) is 14.3 Å². The number of esters is 1. The largest absolute Gasteiger partial charge is 0.427 e. The quantitative estimate of drug-likeness (QED) is 0.259. The fourth-order valence-electron chi connectivity index (χ4n) is 3.12. The monoisotopic (exact) mass is 429 g/mol. The fourth-order valence-corrected chi connectivity index (χ4v) is 4.99. The lowest BCUT2D eigenvalue weighted by Gasteiger charge is -2.48. The van der Waals surface area contributed by atoms with E-state index in [1.807, 2.05) is 0 Å². The third-order valence-corrected chi connectivity index (χ3v) is 6.25. The van der Waals surface area contributed by atoms with E-state index in [2.05, 4.69) is 19.4 Å². The number of rotatable bonds is 6. The van der Waals surface area contributed by atoms with Crippen molar-refractivity contribution in [3.05, 3.63) is 17.1 Å². The van der Waals surface area contributed by atoms with E-state index in [1.54, 1.807) is 0 Å². The van der Waals surface area contributed by atoms with E-state index in [1.165, 1.54) is 16.7 Å². The van der Waals surface area contributed by atoms with E-state index in [0.717, 1.165) is 11.5 Å². The maximum absolute atomic E-state index is 12.7. The lowest BCUT2D eigenvalue weighted by atomic mass is 9.89. The van der Waals surface area contributed by atoms with Crippen molar-refractivity contribution in [3.63, 3.8) is 0 Å². The predicted octanol–water partition coefficient (Wildman–Crippen LogP) is -0.612. The van der Waals surface area contributed by atoms with Gasteiger partial charge in [-0.05, 0) is 0 Å². The zero-order valence-corrected chi connectivity index (χ0v) is 15.5. The molecule has 3 aliphatic rings. The normalized spacial score (nSPS) is 26.6. The molecule has 1 aromatic rings. The molecule has 1 fully saturated rings. The second-order valence-corrected chi connectivity index (χ2v) is 7.80. The van der Waals surface area contributed by atoms with Gasteiger partial charge in [0.25, 0.3) is 6.86 Å². The predicted molar refractivity (Wildman–Crippen MR) is 93.2 cm³/mol. The van der Waals surface area contributed by atoms with Crippen LogP contribution >= 0.6 is 23.3 Å². The average molecular weight is 429 g/mol. The van der Waals surface area contributed by atoms with E-state index in [4.69, 9.17) is 10.5 Å². The fraction of sp³-hybridized carbons (Fsp3) is 0.429. The standard InChI is InChI=1S/C14H12FN5O6S2/c15-3-25-18-7(9-17-14(16)28-19-9)6(21)1-4-10(22)20-8-5(2-27-11(4)20)12(23)26-13(8)24/h4,11-12,23H,1-3H2,(H2,16,17,19)/b18-7+/t4-,11-,12?/m1/s1. The van der Waals surface area contributed by atoms with Crippen molar-refractivity contribution in [2.24, 2.45) is 11.1 Å². The first-order chi connectivity index (χ1) is 13.4. The Morgan fingerprint density at radius 3 is 2.96 bits per heavy atom. The van der Waals surface area contributed by atoms with E-state index in [0.29, 0.717) is 5.57 Å². The van der Waals surface area contributed by atoms with Crippen LogP contribution in [0, 0.1) is 5.92 Å². The summed E-state index contributed by atoms with van der Waals surface area (Å²) < 4.78 is 20.9. The smallest absolute Gasteiger partial charge is 0.357 e. The summed E-state index contributed by atoms with van der Waals surface area (Å²) in [4.78, 5) is 46.5. The Morgan fingerprint density at radius 1 is 1.50 bits per heavy atom. The number of fused-ring (bicyclic) bond motifs is 2. The topological polar surface area (TPSA) is 157 Å². The number of nitrogens with zero attached hydrogens (tertiary/aromatic N) is 4. The summed E-state index contributed by atoms with van der Waals surface area (Å²) in [6, 6.07) is 0. The van der Waals surface area contributed by atoms with E-state index >= 15 is 0 Å². The number of nitrogen functional groups attached to an aromatic ring is 1. The molecule has 1 amide bonds. The van der Waals surface area contributed by atoms with Crippen LogP contribution in [0.3, 0.4) is 0 Å². The molecule has 1 saturated heterocycles. The van der Waals surface area contributed by atoms with Gasteiger partial charge >= 0.3 is 5.97 Å². The minimum absolute atomic E-state index is 0.0357. The molecule has 0 aromatic carbocycles. The summed E-state index contributed by atoms with van der Waals surface area (Å²) in [6.45, 7) is -1.26. The third-order valence-electron chi connectivity index (χ3n) is 4.35. The van der Waals surface area contributed by atoms with Gasteiger partial charge in [0.2, 0.25) is 18.0 Å². The highest BCUT2D eigenvalue weighted by Crippen LogP contribution is 2.47. The van der Waals surface area contributed by atoms with Crippen LogP contribution < -0.4 is 5.73 Å². The van der Waals surface area contributed by atoms with Crippen molar-refractivity contribution < 1.29 is 33.5 Å². The second-order valence-electron chi connectivity index (χ2n) is 5.91. The first-order valence-electron chi connectivity index (χ1n) is 7.87. The Morgan fingerprint density at radius 2 is 2.29 bits per heavy atom. The molecule has 1 unspecified atom stereocenters. The van der Waals surface area contributed by atoms with Crippen LogP contribution in [0.25, 0.3) is 0 Å². The number of carbonyl (C=O) groups is 3. The maximum Gasteiger partial charge on any atom is 0.357 e. The molecule has 0 aliphatic carbocycles. The number of β-lactam (4-membered cyclic amide) rings is 1. The van der Waals surface area contributed by atoms with Crippen molar-refractivity contribution in [2.75, 3.05) is 18.3 Å². The van der Waals surface area contributed by atoms with Gasteiger partial charge in [-0.25, -0.2) is 9.18 Å². The van der Waals surface area contributed by atoms with Crippen LogP contribution in [-0.2, 0) is 24.0 Å². The number of ketones is 1. The summed E-state index contributed by atoms with van der Waals surface area (Å²) >= 11 is 2.13. The van der Waals surface area contributed by atoms with Crippen molar-refractivity contribution in [3.8, 4) is 0 Å². The van der Waals surface area contributed by atoms with E-state index in [9.17, 15) is 23.9 Å². The van der Waals surface area contributed by atoms with Crippen LogP contribution in [0.4, 0.5) is 9.52 Å². The van der Waals surface area contributed by atoms with Gasteiger partial charge in [0, 0.05) is 29.3 Å². The van der Waals surface area contributed by atoms with Crippen LogP contribution in [-0.4, -0.2) is 67.0 Å². The number of cyclic esters (lactones) is 1. The molecule has 3 aliphatic heterocycles. The van der Waals surface area contributed by atoms with Gasteiger partial charge in [-0.1, -0.05) is 5.16 Å². The minimum Gasteiger partial charge on any atom is -0.427 e. The number of hydrogen-bond acceptors (Lipinski definition) is 12. The van der Waals surface area contributed by atoms with Gasteiger partial charge in [-0.2, -0.15) is 9.36 Å². The van der Waals surface area contributed by atoms with Crippen LogP contribution in [0.2, 0.25) is 0 Å². The molecule has 0 spiro atoms. The van der Waals surface area contributed by atoms with E-state index in [-0.39, 0.29) is 34.5 Å². The minimum atomic E-state index is -1.36. The molecule has 28 heavy (non-hydrogen) atoms. The Bertz CT molecular complexity index is 933. The molecular formula is C14H12FN5O6S2. The number of alkyl halides is 1. The SMILES string of the molecule is Nc1nc(/C(=N/OCF)C(=O)C[C@@H]2C(=O)N3C4=C(CS[C@H]23)C(O)OC4=O)ns1. The molecular weight excluding hydrogens is 417 g/mol. The molecule has 148 valence electrons. The number of aliphatic hydroxyl groups is 1. The number of oxime groups is 1. The third kappa shape index (κ3) is 2.93. The van der Waals surface area contributed by atoms with Crippen LogP contribution in [0.5, 0.6) is 0 Å². The Labute approximate surface area is 164 Å². The molecule has 11 nitrogen and oxygen atoms in total. The van der Waals surface area contributed by atoms with Crippen molar-refractivity contribution >= 4 is 51.8 Å². The Hall–Kier alpha value is -2.58. The number of nitrogens with two attached hydrogens (primary N) is 1. The number of Topliss-reactive ketones (excluding diaryl/α,β-unsaturated/α-hetero) is 1. The number of amides is 1. The molecule has 14 heteroatoms. The van der Waals surface area contributed by atoms with Gasteiger partial charge in [0.1, 0.15) is 5.70 Å². The van der Waals surface area contributed by atoms with Gasteiger partial charge in [-0.3, -0.25) is 14.5 Å². The molecule has 4 heterocycles. The second kappa shape index (κ2) is 7.10. The number of aliphatic hydroxyl groups excluding tert-OH is 1. The lowest BCUT2D eigenvalue weighted by Crippen LogP contribution is -2.61. The van der Waals surface area contributed by atoms with Crippen molar-refractivity contribution in [1.29, 1.82) is 0 Å². The number of carbonyl (C=O) groups excluding carboxylic acids is 3. The highest BCUT2D eigenvalue weighted by atomic mass is 32.2. The zero-order valence-electron chi connectivity index (χ0n) is 13.9. The van der Waals surface area contributed by atoms with Crippen LogP contribution in [0.1, 0.15) is 12.2 Å². The average Bonchev–Trinajstić information content (AvgIpc) is 3.22. The summed E-state index contributed by atoms with van der Waals surface area (Å²) in [5.41, 5.74) is 5.53. The summed E-state index contributed by atoms with van der Waals surface area (Å²) in [7, 11) is 0. The first-order valence-corrected chi connectivity index (χ1v) is 9.70. The van der Waals surface area contributed by atoms with Crippen LogP contribution in [0.15, 0.2) is 16.4 Å². The van der Waals surface area contributed by atoms with Gasteiger partial charge in [-0.15, -0.1) is 11.8 Å².